The van der Waals surface area contributed by atoms with Crippen molar-refractivity contribution in [3.05, 3.63) is 41.6 Å². The molecule has 4 nitrogen and oxygen atoms in total. The number of aryl methyl sites for hydroxylation is 2. The van der Waals surface area contributed by atoms with Crippen molar-refractivity contribution in [3.63, 3.8) is 0 Å². The van der Waals surface area contributed by atoms with Crippen LogP contribution in [-0.2, 0) is 6.42 Å². The molecule has 0 fully saturated rings. The maximum absolute atomic E-state index is 4.55. The van der Waals surface area contributed by atoms with Crippen molar-refractivity contribution < 1.29 is 0 Å². The SMILES string of the molecule is CCc1cccc(C)c1Nc1ccnc(NCCC(C)C)n1. The fourth-order valence-electron chi connectivity index (χ4n) is 2.32. The number of hydrogen-bond donors (Lipinski definition) is 2. The minimum absolute atomic E-state index is 0.674. The summed E-state index contributed by atoms with van der Waals surface area (Å²) in [5.41, 5.74) is 3.68. The lowest BCUT2D eigenvalue weighted by molar-refractivity contribution is 0.606. The molecule has 0 saturated carbocycles. The van der Waals surface area contributed by atoms with E-state index >= 15 is 0 Å². The Morgan fingerprint density at radius 1 is 1.18 bits per heavy atom. The molecule has 0 unspecified atom stereocenters. The molecule has 0 radical (unpaired) electrons. The summed E-state index contributed by atoms with van der Waals surface area (Å²) >= 11 is 0. The maximum Gasteiger partial charge on any atom is 0.224 e. The van der Waals surface area contributed by atoms with E-state index in [1.54, 1.807) is 6.20 Å². The van der Waals surface area contributed by atoms with Crippen LogP contribution in [0.1, 0.15) is 38.3 Å². The van der Waals surface area contributed by atoms with Gasteiger partial charge in [-0.05, 0) is 42.9 Å². The molecule has 0 bridgehead atoms. The highest BCUT2D eigenvalue weighted by Crippen LogP contribution is 2.24. The minimum Gasteiger partial charge on any atom is -0.354 e. The zero-order valence-electron chi connectivity index (χ0n) is 14.0. The van der Waals surface area contributed by atoms with Crippen molar-refractivity contribution >= 4 is 17.5 Å². The van der Waals surface area contributed by atoms with E-state index in [0.29, 0.717) is 11.9 Å². The second-order valence-corrected chi connectivity index (χ2v) is 5.96. The van der Waals surface area contributed by atoms with Gasteiger partial charge in [0, 0.05) is 18.4 Å². The Hall–Kier alpha value is -2.10. The van der Waals surface area contributed by atoms with Crippen molar-refractivity contribution in [2.75, 3.05) is 17.2 Å². The Bertz CT molecular complexity index is 608. The van der Waals surface area contributed by atoms with Gasteiger partial charge < -0.3 is 10.6 Å². The highest BCUT2D eigenvalue weighted by atomic mass is 15.1. The topological polar surface area (TPSA) is 49.8 Å². The zero-order valence-corrected chi connectivity index (χ0v) is 14.0. The van der Waals surface area contributed by atoms with Gasteiger partial charge in [-0.1, -0.05) is 39.0 Å². The highest BCUT2D eigenvalue weighted by molar-refractivity contribution is 5.65. The van der Waals surface area contributed by atoms with Crippen molar-refractivity contribution in [2.45, 2.75) is 40.5 Å². The molecule has 4 heteroatoms. The van der Waals surface area contributed by atoms with Gasteiger partial charge in [0.1, 0.15) is 5.82 Å². The van der Waals surface area contributed by atoms with E-state index in [2.05, 4.69) is 66.5 Å². The molecule has 0 atom stereocenters. The predicted molar refractivity (Wildman–Crippen MR) is 93.8 cm³/mol. The van der Waals surface area contributed by atoms with E-state index < -0.39 is 0 Å². The van der Waals surface area contributed by atoms with Crippen molar-refractivity contribution in [1.82, 2.24) is 9.97 Å². The van der Waals surface area contributed by atoms with Gasteiger partial charge in [-0.25, -0.2) is 4.98 Å². The Kier molecular flexibility index (Phi) is 5.75. The highest BCUT2D eigenvalue weighted by Gasteiger charge is 2.06. The smallest absolute Gasteiger partial charge is 0.224 e. The van der Waals surface area contributed by atoms with E-state index in [4.69, 9.17) is 0 Å². The molecule has 1 heterocycles. The summed E-state index contributed by atoms with van der Waals surface area (Å²) in [4.78, 5) is 8.83. The van der Waals surface area contributed by atoms with Gasteiger partial charge in [-0.15, -0.1) is 0 Å². The van der Waals surface area contributed by atoms with Crippen LogP contribution in [0.25, 0.3) is 0 Å². The summed E-state index contributed by atoms with van der Waals surface area (Å²) in [7, 11) is 0. The number of nitrogens with zero attached hydrogens (tertiary/aromatic N) is 2. The second-order valence-electron chi connectivity index (χ2n) is 5.96. The van der Waals surface area contributed by atoms with Gasteiger partial charge >= 0.3 is 0 Å². The summed E-state index contributed by atoms with van der Waals surface area (Å²) in [5, 5.41) is 6.72. The Morgan fingerprint density at radius 2 is 2.00 bits per heavy atom. The molecule has 0 aliphatic carbocycles. The molecule has 0 amide bonds. The molecule has 118 valence electrons. The molecular formula is C18H26N4. The monoisotopic (exact) mass is 298 g/mol. The van der Waals surface area contributed by atoms with Crippen LogP contribution in [0.4, 0.5) is 17.5 Å². The van der Waals surface area contributed by atoms with Crippen molar-refractivity contribution in [1.29, 1.82) is 0 Å². The average molecular weight is 298 g/mol. The lowest BCUT2D eigenvalue weighted by Crippen LogP contribution is -2.08. The first kappa shape index (κ1) is 16.3. The first-order valence-corrected chi connectivity index (χ1v) is 8.02. The fraction of sp³-hybridized carbons (Fsp3) is 0.444. The van der Waals surface area contributed by atoms with Crippen LogP contribution in [0, 0.1) is 12.8 Å². The quantitative estimate of drug-likeness (QED) is 0.787. The van der Waals surface area contributed by atoms with Crippen LogP contribution in [0.3, 0.4) is 0 Å². The minimum atomic E-state index is 0.674. The predicted octanol–water partition coefficient (Wildman–Crippen LogP) is 4.55. The van der Waals surface area contributed by atoms with Gasteiger partial charge in [0.2, 0.25) is 5.95 Å². The van der Waals surface area contributed by atoms with E-state index in [1.165, 1.54) is 11.1 Å². The largest absolute Gasteiger partial charge is 0.354 e. The molecule has 2 rings (SSSR count). The third-order valence-corrected chi connectivity index (χ3v) is 3.65. The number of para-hydroxylation sites is 1. The van der Waals surface area contributed by atoms with Crippen molar-refractivity contribution in [3.8, 4) is 0 Å². The molecule has 0 spiro atoms. The molecule has 0 saturated heterocycles. The maximum atomic E-state index is 4.55. The number of aromatic nitrogens is 2. The standard InChI is InChI=1S/C18H26N4/c1-5-15-8-6-7-14(4)17(15)21-16-10-12-20-18(22-16)19-11-9-13(2)3/h6-8,10,12-13H,5,9,11H2,1-4H3,(H2,19,20,21,22). The molecule has 2 aromatic rings. The van der Waals surface area contributed by atoms with Gasteiger partial charge in [-0.2, -0.15) is 4.98 Å². The molecule has 22 heavy (non-hydrogen) atoms. The van der Waals surface area contributed by atoms with Crippen LogP contribution < -0.4 is 10.6 Å². The third kappa shape index (κ3) is 4.45. The van der Waals surface area contributed by atoms with E-state index in [1.807, 2.05) is 6.07 Å². The molecule has 2 N–H and O–H groups in total. The number of hydrogen-bond acceptors (Lipinski definition) is 4. The summed E-state index contributed by atoms with van der Waals surface area (Å²) in [5.74, 6) is 2.18. The number of benzene rings is 1. The van der Waals surface area contributed by atoms with Crippen molar-refractivity contribution in [2.24, 2.45) is 5.92 Å². The van der Waals surface area contributed by atoms with E-state index in [0.717, 1.165) is 30.9 Å². The molecular weight excluding hydrogens is 272 g/mol. The molecule has 1 aromatic carbocycles. The van der Waals surface area contributed by atoms with Crippen LogP contribution in [0.15, 0.2) is 30.5 Å². The van der Waals surface area contributed by atoms with Gasteiger partial charge in [0.05, 0.1) is 0 Å². The Balaban J connectivity index is 2.10. The third-order valence-electron chi connectivity index (χ3n) is 3.65. The van der Waals surface area contributed by atoms with Crippen LogP contribution in [0.2, 0.25) is 0 Å². The van der Waals surface area contributed by atoms with Gasteiger partial charge in [-0.3, -0.25) is 0 Å². The summed E-state index contributed by atoms with van der Waals surface area (Å²) < 4.78 is 0. The number of rotatable bonds is 7. The van der Waals surface area contributed by atoms with E-state index in [-0.39, 0.29) is 0 Å². The fourth-order valence-corrected chi connectivity index (χ4v) is 2.32. The van der Waals surface area contributed by atoms with E-state index in [9.17, 15) is 0 Å². The first-order valence-electron chi connectivity index (χ1n) is 8.02. The van der Waals surface area contributed by atoms with Crippen LogP contribution in [-0.4, -0.2) is 16.5 Å². The van der Waals surface area contributed by atoms with Crippen LogP contribution >= 0.6 is 0 Å². The van der Waals surface area contributed by atoms with Gasteiger partial charge in [0.15, 0.2) is 0 Å². The zero-order chi connectivity index (χ0) is 15.9. The summed E-state index contributed by atoms with van der Waals surface area (Å²) in [6.07, 6.45) is 3.89. The lowest BCUT2D eigenvalue weighted by Gasteiger charge is -2.14. The first-order chi connectivity index (χ1) is 10.6. The Labute approximate surface area is 133 Å². The number of anilines is 3. The summed E-state index contributed by atoms with van der Waals surface area (Å²) in [6, 6.07) is 8.26. The van der Waals surface area contributed by atoms with Gasteiger partial charge in [0.25, 0.3) is 0 Å². The molecule has 0 aliphatic rings. The normalized spacial score (nSPS) is 10.8. The Morgan fingerprint density at radius 3 is 2.73 bits per heavy atom. The molecule has 1 aromatic heterocycles. The van der Waals surface area contributed by atoms with Crippen LogP contribution in [0.5, 0.6) is 0 Å². The lowest BCUT2D eigenvalue weighted by atomic mass is 10.1. The second kappa shape index (κ2) is 7.78. The summed E-state index contributed by atoms with van der Waals surface area (Å²) in [6.45, 7) is 9.60. The average Bonchev–Trinajstić information content (AvgIpc) is 2.49. The number of nitrogens with one attached hydrogen (secondary N) is 2. The molecule has 0 aliphatic heterocycles.